The fourth-order valence-electron chi connectivity index (χ4n) is 9.10. The van der Waals surface area contributed by atoms with E-state index in [1.165, 1.54) is 80.1 Å². The zero-order valence-electron chi connectivity index (χ0n) is 36.8. The monoisotopic (exact) mass is 882 g/mol. The third kappa shape index (κ3) is 7.92. The number of thiophene rings is 2. The van der Waals surface area contributed by atoms with E-state index in [9.17, 15) is 0 Å². The van der Waals surface area contributed by atoms with E-state index in [0.29, 0.717) is 0 Å². The second-order valence-corrected chi connectivity index (χ2v) is 18.7. The van der Waals surface area contributed by atoms with Crippen LogP contribution in [0.15, 0.2) is 231 Å². The van der Waals surface area contributed by atoms with E-state index in [0.717, 1.165) is 28.4 Å². The Labute approximate surface area is 395 Å². The maximum absolute atomic E-state index is 2.43. The smallest absolute Gasteiger partial charge is 0.0541 e. The standard InChI is InChI=1S/C62H46N2S2/c1-3-16-56-54(41-43(2)59-37-38-60(65-59)46-18-7-4-8-19-46)55-42-49(31-36-58(55)64(56)52-34-29-48(30-35-52)62-40-39-61(66-62)47-20-9-5-10-21-47)44-27-32-51(33-28-44)63(50-23-11-6-12-24-50)57-26-15-22-45-17-13-14-25-53(45)57/h3-42H,1-2H3/b16-3-,43-41+. The van der Waals surface area contributed by atoms with Crippen LogP contribution in [0.25, 0.3) is 87.5 Å². The van der Waals surface area contributed by atoms with Gasteiger partial charge in [-0.05, 0) is 144 Å². The van der Waals surface area contributed by atoms with E-state index >= 15 is 0 Å². The van der Waals surface area contributed by atoms with Gasteiger partial charge in [0, 0.05) is 52.9 Å². The molecule has 0 atom stereocenters. The van der Waals surface area contributed by atoms with Crippen LogP contribution in [0.2, 0.25) is 0 Å². The topological polar surface area (TPSA) is 8.17 Å². The van der Waals surface area contributed by atoms with Gasteiger partial charge in [0.25, 0.3) is 0 Å². The molecular weight excluding hydrogens is 837 g/mol. The molecule has 0 bridgehead atoms. The fraction of sp³-hybridized carbons (Fsp3) is 0.0323. The van der Waals surface area contributed by atoms with Gasteiger partial charge in [0.2, 0.25) is 0 Å². The Morgan fingerprint density at radius 1 is 0.470 bits per heavy atom. The van der Waals surface area contributed by atoms with Gasteiger partial charge in [-0.3, -0.25) is 0 Å². The number of hydrogen-bond acceptors (Lipinski definition) is 3. The molecule has 0 spiro atoms. The Morgan fingerprint density at radius 2 is 1.03 bits per heavy atom. The number of anilines is 3. The lowest BCUT2D eigenvalue weighted by Crippen LogP contribution is -2.10. The van der Waals surface area contributed by atoms with Crippen LogP contribution in [0, 0.1) is 0 Å². The van der Waals surface area contributed by atoms with E-state index in [1.54, 1.807) is 0 Å². The molecule has 11 rings (SSSR count). The number of nitrogens with zero attached hydrogens (tertiary/aromatic N) is 2. The zero-order valence-corrected chi connectivity index (χ0v) is 38.4. The number of fused-ring (bicyclic) bond motifs is 2. The van der Waals surface area contributed by atoms with Crippen LogP contribution in [0.4, 0.5) is 17.1 Å². The highest BCUT2D eigenvalue weighted by molar-refractivity contribution is 7.18. The molecule has 316 valence electrons. The summed E-state index contributed by atoms with van der Waals surface area (Å²) in [7, 11) is 0. The molecule has 8 aromatic carbocycles. The van der Waals surface area contributed by atoms with Gasteiger partial charge in [-0.1, -0.05) is 152 Å². The van der Waals surface area contributed by atoms with Gasteiger partial charge in [-0.2, -0.15) is 0 Å². The van der Waals surface area contributed by atoms with Gasteiger partial charge >= 0.3 is 0 Å². The first kappa shape index (κ1) is 41.0. The number of benzene rings is 8. The highest BCUT2D eigenvalue weighted by Crippen LogP contribution is 2.42. The summed E-state index contributed by atoms with van der Waals surface area (Å²) in [5.74, 6) is 0. The fourth-order valence-corrected chi connectivity index (χ4v) is 11.1. The number of rotatable bonds is 11. The van der Waals surface area contributed by atoms with Crippen molar-refractivity contribution < 1.29 is 0 Å². The summed E-state index contributed by atoms with van der Waals surface area (Å²) >= 11 is 3.68. The largest absolute Gasteiger partial charge is 0.310 e. The molecule has 3 aromatic heterocycles. The Kier molecular flexibility index (Phi) is 11.2. The normalized spacial score (nSPS) is 11.8. The molecule has 0 aliphatic heterocycles. The summed E-state index contributed by atoms with van der Waals surface area (Å²) in [6.45, 7) is 4.36. The quantitative estimate of drug-likeness (QED) is 0.126. The van der Waals surface area contributed by atoms with Crippen molar-refractivity contribution in [2.24, 2.45) is 0 Å². The molecule has 2 nitrogen and oxygen atoms in total. The average molecular weight is 883 g/mol. The summed E-state index contributed by atoms with van der Waals surface area (Å²) in [5, 5.41) is 3.64. The maximum Gasteiger partial charge on any atom is 0.0541 e. The van der Waals surface area contributed by atoms with Gasteiger partial charge in [0.1, 0.15) is 0 Å². The van der Waals surface area contributed by atoms with Crippen LogP contribution in [0.1, 0.15) is 30.0 Å². The molecule has 0 N–H and O–H groups in total. The first-order valence-corrected chi connectivity index (χ1v) is 24.1. The third-order valence-electron chi connectivity index (χ3n) is 12.3. The molecule has 0 fully saturated rings. The number of para-hydroxylation sites is 1. The minimum atomic E-state index is 1.11. The highest BCUT2D eigenvalue weighted by Gasteiger charge is 2.20. The Morgan fingerprint density at radius 3 is 1.73 bits per heavy atom. The van der Waals surface area contributed by atoms with Crippen LogP contribution in [0.3, 0.4) is 0 Å². The minimum Gasteiger partial charge on any atom is -0.310 e. The molecule has 0 amide bonds. The van der Waals surface area contributed by atoms with Crippen molar-refractivity contribution >= 4 is 79.1 Å². The van der Waals surface area contributed by atoms with Crippen molar-refractivity contribution in [3.8, 4) is 48.1 Å². The zero-order chi connectivity index (χ0) is 44.4. The minimum absolute atomic E-state index is 1.11. The van der Waals surface area contributed by atoms with E-state index in [1.807, 2.05) is 22.7 Å². The van der Waals surface area contributed by atoms with E-state index in [4.69, 9.17) is 0 Å². The molecule has 0 radical (unpaired) electrons. The lowest BCUT2D eigenvalue weighted by molar-refractivity contribution is 1.10. The van der Waals surface area contributed by atoms with E-state index in [2.05, 4.69) is 266 Å². The molecule has 0 saturated heterocycles. The summed E-state index contributed by atoms with van der Waals surface area (Å²) in [6.07, 6.45) is 6.83. The second kappa shape index (κ2) is 18.0. The van der Waals surface area contributed by atoms with Crippen molar-refractivity contribution in [1.29, 1.82) is 0 Å². The number of allylic oxidation sites excluding steroid dienone is 2. The highest BCUT2D eigenvalue weighted by atomic mass is 32.1. The van der Waals surface area contributed by atoms with Crippen molar-refractivity contribution in [1.82, 2.24) is 4.57 Å². The van der Waals surface area contributed by atoms with Gasteiger partial charge in [0.05, 0.1) is 16.9 Å². The van der Waals surface area contributed by atoms with Crippen molar-refractivity contribution in [3.05, 3.63) is 247 Å². The predicted molar refractivity (Wildman–Crippen MR) is 288 cm³/mol. The summed E-state index contributed by atoms with van der Waals surface area (Å²) in [5.41, 5.74) is 15.3. The van der Waals surface area contributed by atoms with Gasteiger partial charge in [0.15, 0.2) is 0 Å². The van der Waals surface area contributed by atoms with Crippen molar-refractivity contribution in [2.75, 3.05) is 4.90 Å². The van der Waals surface area contributed by atoms with Crippen molar-refractivity contribution in [3.63, 3.8) is 0 Å². The lowest BCUT2D eigenvalue weighted by Gasteiger charge is -2.27. The Bertz CT molecular complexity index is 3510. The third-order valence-corrected chi connectivity index (χ3v) is 14.8. The Hall–Kier alpha value is -7.76. The summed E-state index contributed by atoms with van der Waals surface area (Å²) < 4.78 is 2.43. The van der Waals surface area contributed by atoms with E-state index in [-0.39, 0.29) is 0 Å². The molecule has 0 saturated carbocycles. The van der Waals surface area contributed by atoms with Crippen LogP contribution >= 0.6 is 22.7 Å². The Balaban J connectivity index is 1.02. The predicted octanol–water partition coefficient (Wildman–Crippen LogP) is 18.6. The molecular formula is C62H46N2S2. The average Bonchev–Trinajstić information content (AvgIpc) is 4.15. The lowest BCUT2D eigenvalue weighted by atomic mass is 10.00. The van der Waals surface area contributed by atoms with Crippen LogP contribution in [0.5, 0.6) is 0 Å². The summed E-state index contributed by atoms with van der Waals surface area (Å²) in [4.78, 5) is 7.43. The number of aromatic nitrogens is 1. The summed E-state index contributed by atoms with van der Waals surface area (Å²) in [6, 6.07) is 81.3. The first-order chi connectivity index (χ1) is 32.6. The van der Waals surface area contributed by atoms with Gasteiger partial charge in [-0.15, -0.1) is 22.7 Å². The van der Waals surface area contributed by atoms with Crippen LogP contribution in [-0.2, 0) is 0 Å². The van der Waals surface area contributed by atoms with Crippen LogP contribution < -0.4 is 4.90 Å². The van der Waals surface area contributed by atoms with Gasteiger partial charge < -0.3 is 9.47 Å². The molecule has 66 heavy (non-hydrogen) atoms. The molecule has 0 unspecified atom stereocenters. The first-order valence-electron chi connectivity index (χ1n) is 22.4. The second-order valence-electron chi connectivity index (χ2n) is 16.5. The maximum atomic E-state index is 2.43. The number of hydrogen-bond donors (Lipinski definition) is 0. The van der Waals surface area contributed by atoms with E-state index < -0.39 is 0 Å². The molecule has 4 heteroatoms. The van der Waals surface area contributed by atoms with Crippen LogP contribution in [-0.4, -0.2) is 4.57 Å². The molecule has 0 aliphatic carbocycles. The van der Waals surface area contributed by atoms with Crippen molar-refractivity contribution in [2.45, 2.75) is 13.8 Å². The molecule has 3 heterocycles. The molecule has 11 aromatic rings. The SMILES string of the molecule is C/C=C\c1c(/C=C(\C)c2ccc(-c3ccccc3)s2)c2cc(-c3ccc(N(c4ccccc4)c4cccc5ccccc45)cc3)ccc2n1-c1ccc(-c2ccc(-c3ccccc3)s2)cc1. The van der Waals surface area contributed by atoms with Gasteiger partial charge in [-0.25, -0.2) is 0 Å². The molecule has 0 aliphatic rings.